The molecule has 3 heterocycles. The van der Waals surface area contributed by atoms with Crippen LogP contribution in [0, 0.1) is 18.3 Å². The van der Waals surface area contributed by atoms with E-state index in [1.54, 1.807) is 31.2 Å². The predicted octanol–water partition coefficient (Wildman–Crippen LogP) is 7.82. The Hall–Kier alpha value is -6.89. The number of hydrogen-bond acceptors (Lipinski definition) is 14. The molecular weight excluding hydrogens is 783 g/mol. The van der Waals surface area contributed by atoms with E-state index < -0.39 is 31.1 Å². The van der Waals surface area contributed by atoms with Gasteiger partial charge in [0.05, 0.1) is 26.4 Å². The Morgan fingerprint density at radius 1 is 0.857 bits per heavy atom. The van der Waals surface area contributed by atoms with Gasteiger partial charge in [0.15, 0.2) is 11.6 Å². The first kappa shape index (κ1) is 37.4. The van der Waals surface area contributed by atoms with Crippen molar-refractivity contribution in [2.45, 2.75) is 16.7 Å². The minimum Gasteiger partial charge on any atom is -0.478 e. The number of aromatic nitrogens is 4. The van der Waals surface area contributed by atoms with Crippen LogP contribution >= 0.6 is 11.3 Å². The van der Waals surface area contributed by atoms with Gasteiger partial charge in [-0.1, -0.05) is 53.8 Å². The van der Waals surface area contributed by atoms with E-state index >= 15 is 0 Å². The molecule has 4 aromatic carbocycles. The molecule has 280 valence electrons. The van der Waals surface area contributed by atoms with Gasteiger partial charge in [0.25, 0.3) is 20.2 Å². The van der Waals surface area contributed by atoms with Gasteiger partial charge in [0.2, 0.25) is 5.13 Å². The average Bonchev–Trinajstić information content (AvgIpc) is 3.76. The Kier molecular flexibility index (Phi) is 9.85. The summed E-state index contributed by atoms with van der Waals surface area (Å²) in [4.78, 5) is 20.0. The smallest absolute Gasteiger partial charge is 0.335 e. The second-order valence-electron chi connectivity index (χ2n) is 11.9. The third-order valence-corrected chi connectivity index (χ3v) is 10.9. The van der Waals surface area contributed by atoms with Gasteiger partial charge in [-0.3, -0.25) is 9.11 Å². The Bertz CT molecular complexity index is 2960. The van der Waals surface area contributed by atoms with Crippen LogP contribution in [0.5, 0.6) is 0 Å². The van der Waals surface area contributed by atoms with Crippen molar-refractivity contribution in [1.82, 2.24) is 19.7 Å². The summed E-state index contributed by atoms with van der Waals surface area (Å²) < 4.78 is 69.6. The number of fused-ring (bicyclic) bond motifs is 1. The number of pyridine rings is 1. The van der Waals surface area contributed by atoms with Crippen LogP contribution in [0.3, 0.4) is 0 Å². The summed E-state index contributed by atoms with van der Waals surface area (Å²) in [6, 6.07) is 27.6. The zero-order chi connectivity index (χ0) is 39.8. The van der Waals surface area contributed by atoms with Crippen molar-refractivity contribution < 1.29 is 35.8 Å². The number of anilines is 4. The number of azo groups is 1. The number of carboxylic acids is 1. The van der Waals surface area contributed by atoms with E-state index in [4.69, 9.17) is 0 Å². The lowest BCUT2D eigenvalue weighted by Gasteiger charge is -2.15. The fraction of sp³-hybridized carbons (Fsp3) is 0.0278. The Balaban J connectivity index is 1.40. The first-order valence-electron chi connectivity index (χ1n) is 16.0. The third kappa shape index (κ3) is 7.69. The van der Waals surface area contributed by atoms with Crippen LogP contribution in [0.25, 0.3) is 26.6 Å². The lowest BCUT2D eigenvalue weighted by Crippen LogP contribution is -2.05. The summed E-state index contributed by atoms with van der Waals surface area (Å²) in [5.74, 6) is -1.06. The summed E-state index contributed by atoms with van der Waals surface area (Å²) in [5, 5.41) is 39.8. The molecule has 0 amide bonds. The molecule has 0 radical (unpaired) electrons. The number of carboxylic acid groups (broad SMARTS) is 1. The van der Waals surface area contributed by atoms with E-state index in [-0.39, 0.29) is 50.5 Å². The number of thiazole rings is 1. The molecule has 0 bridgehead atoms. The second kappa shape index (κ2) is 14.7. The van der Waals surface area contributed by atoms with Crippen LogP contribution in [-0.4, -0.2) is 56.8 Å². The lowest BCUT2D eigenvalue weighted by atomic mass is 10.1. The molecule has 3 aromatic heterocycles. The highest BCUT2D eigenvalue weighted by Gasteiger charge is 2.24. The van der Waals surface area contributed by atoms with Crippen molar-refractivity contribution in [3.8, 4) is 22.5 Å². The quantitative estimate of drug-likeness (QED) is 0.0616. The maximum atomic E-state index is 12.3. The molecule has 0 aliphatic carbocycles. The van der Waals surface area contributed by atoms with E-state index in [2.05, 4.69) is 42.0 Å². The first-order valence-corrected chi connectivity index (χ1v) is 19.7. The number of aromatic carboxylic acids is 1. The van der Waals surface area contributed by atoms with Gasteiger partial charge in [-0.15, -0.1) is 10.2 Å². The molecule has 7 aromatic rings. The molecule has 0 spiro atoms. The van der Waals surface area contributed by atoms with Gasteiger partial charge in [0.1, 0.15) is 33.7 Å². The van der Waals surface area contributed by atoms with E-state index in [1.807, 2.05) is 18.2 Å². The highest BCUT2D eigenvalue weighted by atomic mass is 32.2. The van der Waals surface area contributed by atoms with Gasteiger partial charge >= 0.3 is 5.97 Å². The second-order valence-corrected chi connectivity index (χ2v) is 15.7. The van der Waals surface area contributed by atoms with Crippen molar-refractivity contribution in [3.05, 3.63) is 120 Å². The van der Waals surface area contributed by atoms with Crippen LogP contribution in [-0.2, 0) is 20.2 Å². The van der Waals surface area contributed by atoms with Gasteiger partial charge in [-0.05, 0) is 73.2 Å². The number of nitriles is 1. The maximum Gasteiger partial charge on any atom is 0.335 e. The molecule has 0 unspecified atom stereocenters. The Morgan fingerprint density at radius 2 is 1.59 bits per heavy atom. The van der Waals surface area contributed by atoms with Gasteiger partial charge in [-0.2, -0.15) is 31.9 Å². The van der Waals surface area contributed by atoms with E-state index in [0.29, 0.717) is 27.5 Å². The summed E-state index contributed by atoms with van der Waals surface area (Å²) in [6.07, 6.45) is 0. The largest absolute Gasteiger partial charge is 0.478 e. The molecular formula is C36H25N9O8S3. The standard InChI is InChI=1S/C36H25N9O8S3/c1-20-17-30(38-23-8-6-7-22(18-23)35(46)47)41-33(39-27-10-3-5-12-29(27)56(51,52)53)31(20)42-43-34-25(19-37)32(21-13-15-24(16-14-21)55(48,49)50)44-45(34)36-40-26-9-2-4-11-28(26)54-36/h2-18H,1H3,(H,46,47)(H2,38,39,41)(H,48,49,50)(H,51,52,53). The molecule has 56 heavy (non-hydrogen) atoms. The fourth-order valence-electron chi connectivity index (χ4n) is 5.52. The Morgan fingerprint density at radius 3 is 2.29 bits per heavy atom. The number of aryl methyl sites for hydroxylation is 1. The van der Waals surface area contributed by atoms with Crippen molar-refractivity contribution in [3.63, 3.8) is 0 Å². The summed E-state index contributed by atoms with van der Waals surface area (Å²) >= 11 is 1.25. The highest BCUT2D eigenvalue weighted by Crippen LogP contribution is 2.39. The predicted molar refractivity (Wildman–Crippen MR) is 206 cm³/mol. The Labute approximate surface area is 321 Å². The zero-order valence-corrected chi connectivity index (χ0v) is 31.0. The minimum atomic E-state index is -4.71. The average molecular weight is 808 g/mol. The molecule has 0 atom stereocenters. The van der Waals surface area contributed by atoms with Crippen molar-refractivity contribution in [1.29, 1.82) is 5.26 Å². The molecule has 0 fully saturated rings. The highest BCUT2D eigenvalue weighted by molar-refractivity contribution is 7.86. The molecule has 0 saturated carbocycles. The fourth-order valence-corrected chi connectivity index (χ4v) is 7.56. The van der Waals surface area contributed by atoms with Gasteiger partial charge in [0, 0.05) is 11.3 Å². The number of nitrogens with zero attached hydrogens (tertiary/aromatic N) is 7. The van der Waals surface area contributed by atoms with Crippen LogP contribution in [0.15, 0.2) is 123 Å². The molecule has 0 aliphatic heterocycles. The zero-order valence-electron chi connectivity index (χ0n) is 28.6. The van der Waals surface area contributed by atoms with E-state index in [9.17, 15) is 41.1 Å². The number of nitrogens with one attached hydrogen (secondary N) is 2. The summed E-state index contributed by atoms with van der Waals surface area (Å²) in [7, 11) is -9.22. The molecule has 0 saturated heterocycles. The molecule has 7 rings (SSSR count). The number of benzene rings is 4. The van der Waals surface area contributed by atoms with Crippen LogP contribution in [0.2, 0.25) is 0 Å². The summed E-state index contributed by atoms with van der Waals surface area (Å²) in [5.41, 5.74) is 1.82. The third-order valence-electron chi connectivity index (χ3n) is 8.09. The monoisotopic (exact) mass is 807 g/mol. The maximum absolute atomic E-state index is 12.3. The summed E-state index contributed by atoms with van der Waals surface area (Å²) in [6.45, 7) is 1.66. The molecule has 0 aliphatic rings. The van der Waals surface area contributed by atoms with E-state index in [1.165, 1.54) is 64.5 Å². The number of rotatable bonds is 11. The van der Waals surface area contributed by atoms with Crippen molar-refractivity contribution in [2.24, 2.45) is 10.2 Å². The topological polar surface area (TPSA) is 262 Å². The molecule has 20 heteroatoms. The van der Waals surface area contributed by atoms with E-state index in [0.717, 1.165) is 16.8 Å². The molecule has 5 N–H and O–H groups in total. The van der Waals surface area contributed by atoms with Gasteiger partial charge in [-0.25, -0.2) is 14.8 Å². The van der Waals surface area contributed by atoms with Crippen LogP contribution in [0.4, 0.5) is 34.5 Å². The molecule has 17 nitrogen and oxygen atoms in total. The normalized spacial score (nSPS) is 11.8. The number of carbonyl (C=O) groups is 1. The number of hydrogen-bond donors (Lipinski definition) is 5. The SMILES string of the molecule is Cc1cc(Nc2cccc(C(=O)O)c2)nc(Nc2ccccc2S(=O)(=O)O)c1N=Nc1c(C#N)c(-c2ccc(S(=O)(=O)O)cc2)nn1-c1nc2ccccc2s1. The van der Waals surface area contributed by atoms with Crippen LogP contribution < -0.4 is 10.6 Å². The number of para-hydroxylation sites is 2. The van der Waals surface area contributed by atoms with Crippen molar-refractivity contribution >= 4 is 82.3 Å². The first-order chi connectivity index (χ1) is 26.7. The minimum absolute atomic E-state index is 0.0179. The lowest BCUT2D eigenvalue weighted by molar-refractivity contribution is 0.0696. The van der Waals surface area contributed by atoms with Gasteiger partial charge < -0.3 is 15.7 Å². The van der Waals surface area contributed by atoms with Crippen LogP contribution in [0.1, 0.15) is 21.5 Å². The van der Waals surface area contributed by atoms with Crippen molar-refractivity contribution in [2.75, 3.05) is 10.6 Å².